The molecule has 0 unspecified atom stereocenters. The summed E-state index contributed by atoms with van der Waals surface area (Å²) in [6, 6.07) is 35.0. The Morgan fingerprint density at radius 2 is 1.56 bits per heavy atom. The van der Waals surface area contributed by atoms with Crippen LogP contribution in [0.25, 0.3) is 103 Å². The van der Waals surface area contributed by atoms with E-state index in [0.29, 0.717) is 17.6 Å². The van der Waals surface area contributed by atoms with Crippen molar-refractivity contribution in [2.24, 2.45) is 0 Å². The molecule has 3 aliphatic rings. The van der Waals surface area contributed by atoms with Crippen LogP contribution in [0.2, 0.25) is 0 Å². The van der Waals surface area contributed by atoms with Gasteiger partial charge in [0.05, 0.1) is 11.4 Å². The van der Waals surface area contributed by atoms with Crippen LogP contribution in [0.15, 0.2) is 164 Å². The molecule has 0 bridgehead atoms. The van der Waals surface area contributed by atoms with Crippen molar-refractivity contribution in [1.29, 1.82) is 0 Å². The fraction of sp³-hybridized carbons (Fsp3) is 0.149. The van der Waals surface area contributed by atoms with E-state index >= 15 is 0 Å². The molecular weight excluding hydrogens is 907 g/mol. The van der Waals surface area contributed by atoms with E-state index in [1.165, 1.54) is 70.9 Å². The lowest BCUT2D eigenvalue weighted by Crippen LogP contribution is -2.14. The zero-order chi connectivity index (χ0) is 50.2. The molecule has 8 aromatic rings. The second-order valence-corrected chi connectivity index (χ2v) is 20.0. The molecule has 0 atom stereocenters. The predicted octanol–water partition coefficient (Wildman–Crippen LogP) is 18.0. The molecule has 3 aliphatic carbocycles. The van der Waals surface area contributed by atoms with E-state index in [4.69, 9.17) is 15.0 Å². The van der Waals surface area contributed by atoms with Gasteiger partial charge in [0.2, 0.25) is 5.95 Å². The van der Waals surface area contributed by atoms with Crippen LogP contribution in [0.4, 0.5) is 0 Å². The minimum Gasteiger partial charge on any atom is -0.313 e. The lowest BCUT2D eigenvalue weighted by molar-refractivity contribution is 0.805. The number of allylic oxidation sites excluding steroid dienone is 11. The Balaban J connectivity index is 1.14. The smallest absolute Gasteiger partial charge is 0.238 e. The summed E-state index contributed by atoms with van der Waals surface area (Å²) in [5.74, 6) is 1.86. The van der Waals surface area contributed by atoms with E-state index in [1.54, 1.807) is 0 Å². The van der Waals surface area contributed by atoms with E-state index in [2.05, 4.69) is 221 Å². The normalized spacial score (nSPS) is 14.4. The third kappa shape index (κ3) is 8.55. The van der Waals surface area contributed by atoms with Crippen molar-refractivity contribution >= 4 is 74.7 Å². The van der Waals surface area contributed by atoms with Crippen LogP contribution in [0, 0.1) is 6.92 Å². The molecule has 4 aromatic carbocycles. The van der Waals surface area contributed by atoms with Gasteiger partial charge in [-0.05, 0) is 158 Å². The molecule has 0 saturated heterocycles. The Morgan fingerprint density at radius 3 is 2.36 bits per heavy atom. The third-order valence-electron chi connectivity index (χ3n) is 14.5. The number of rotatable bonds is 13. The van der Waals surface area contributed by atoms with Gasteiger partial charge in [0, 0.05) is 54.3 Å². The van der Waals surface area contributed by atoms with Gasteiger partial charge in [-0.3, -0.25) is 4.57 Å². The maximum atomic E-state index is 5.52. The first-order valence-electron chi connectivity index (χ1n) is 25.5. The van der Waals surface area contributed by atoms with Crippen molar-refractivity contribution in [1.82, 2.24) is 24.1 Å². The topological polar surface area (TPSA) is 48.5 Å². The van der Waals surface area contributed by atoms with Gasteiger partial charge in [-0.2, -0.15) is 9.97 Å². The SMILES string of the molecule is C=Cc1c(/C=C\C)sc2c(-c3cccc(/C(=C/C=C\C)c4cc5c(n4-c4nc(-c6ccccc6)nc(-c6ccc7c(c6)CC(/C=C\CC)=C7C)n4)CCC(n4c(C=C)c(C)c6c4C=CCC=C6)=C5)c3)cccc12. The van der Waals surface area contributed by atoms with Crippen molar-refractivity contribution in [3.63, 3.8) is 0 Å². The summed E-state index contributed by atoms with van der Waals surface area (Å²) < 4.78 is 6.00. The maximum absolute atomic E-state index is 5.52. The molecule has 73 heavy (non-hydrogen) atoms. The number of benzene rings is 4. The van der Waals surface area contributed by atoms with E-state index in [-0.39, 0.29) is 0 Å². The Morgan fingerprint density at radius 1 is 0.753 bits per heavy atom. The van der Waals surface area contributed by atoms with Crippen molar-refractivity contribution < 1.29 is 0 Å². The zero-order valence-electron chi connectivity index (χ0n) is 42.4. The highest BCUT2D eigenvalue weighted by atomic mass is 32.1. The summed E-state index contributed by atoms with van der Waals surface area (Å²) >= 11 is 1.82. The monoisotopic (exact) mass is 965 g/mol. The Bertz CT molecular complexity index is 3790. The lowest BCUT2D eigenvalue weighted by atomic mass is 9.95. The first-order chi connectivity index (χ1) is 35.8. The van der Waals surface area contributed by atoms with E-state index < -0.39 is 0 Å². The van der Waals surface area contributed by atoms with Crippen molar-refractivity contribution in [3.05, 3.63) is 231 Å². The van der Waals surface area contributed by atoms with Gasteiger partial charge in [0.15, 0.2) is 11.6 Å². The minimum absolute atomic E-state index is 0.586. The van der Waals surface area contributed by atoms with Gasteiger partial charge in [-0.15, -0.1) is 11.3 Å². The molecule has 0 saturated carbocycles. The fourth-order valence-electron chi connectivity index (χ4n) is 10.9. The molecular formula is C67H59N5S. The molecule has 11 rings (SSSR count). The zero-order valence-corrected chi connectivity index (χ0v) is 43.2. The summed E-state index contributed by atoms with van der Waals surface area (Å²) in [6.45, 7) is 19.3. The van der Waals surface area contributed by atoms with Crippen molar-refractivity contribution in [2.75, 3.05) is 0 Å². The van der Waals surface area contributed by atoms with E-state index in [0.717, 1.165) is 82.6 Å². The standard InChI is InChI=1S/C67H59N5S/c1-8-13-24-46-38-50-40-49(34-36-54(50)43(46)6)66-68-65(45-25-17-15-18-26-45)69-67(70-66)72-60-37-35-52(71-59(12-5)44(7)55-30-19-16-20-33-61(55)71)41-51(60)42-62(72)56(29-14-9-2)47-27-21-28-48(39-47)57-31-22-32-58-53(11-4)63(23-10-3)73-64(57)58/h9-15,17-34,36,39-42H,4-5,8,16,35,37-38H2,1-3,6-7H3/b14-9-,23-10-,24-13-,56-29-. The third-order valence-corrected chi connectivity index (χ3v) is 15.7. The van der Waals surface area contributed by atoms with Gasteiger partial charge < -0.3 is 4.57 Å². The second kappa shape index (κ2) is 20.1. The highest BCUT2D eigenvalue weighted by molar-refractivity contribution is 7.20. The molecule has 5 nitrogen and oxygen atoms in total. The Labute approximate surface area is 434 Å². The van der Waals surface area contributed by atoms with Gasteiger partial charge >= 0.3 is 0 Å². The van der Waals surface area contributed by atoms with Crippen LogP contribution in [-0.4, -0.2) is 24.1 Å². The van der Waals surface area contributed by atoms with Gasteiger partial charge in [-0.25, -0.2) is 4.98 Å². The number of hydrogen-bond acceptors (Lipinski definition) is 4. The van der Waals surface area contributed by atoms with Gasteiger partial charge in [0.25, 0.3) is 0 Å². The van der Waals surface area contributed by atoms with Crippen LogP contribution in [0.3, 0.4) is 0 Å². The van der Waals surface area contributed by atoms with Crippen LogP contribution in [-0.2, 0) is 12.8 Å². The largest absolute Gasteiger partial charge is 0.313 e. The highest BCUT2D eigenvalue weighted by Gasteiger charge is 2.28. The van der Waals surface area contributed by atoms with Crippen molar-refractivity contribution in [3.8, 4) is 39.9 Å². The Hall–Kier alpha value is -8.19. The van der Waals surface area contributed by atoms with Gasteiger partial charge in [0.1, 0.15) is 0 Å². The maximum Gasteiger partial charge on any atom is 0.238 e. The van der Waals surface area contributed by atoms with Crippen LogP contribution in [0.5, 0.6) is 0 Å². The van der Waals surface area contributed by atoms with Gasteiger partial charge in [-0.1, -0.05) is 160 Å². The molecule has 0 aliphatic heterocycles. The minimum atomic E-state index is 0.586. The predicted molar refractivity (Wildman–Crippen MR) is 314 cm³/mol. The molecule has 0 fully saturated rings. The fourth-order valence-corrected chi connectivity index (χ4v) is 12.2. The molecule has 4 heterocycles. The molecule has 6 heteroatoms. The summed E-state index contributed by atoms with van der Waals surface area (Å²) in [7, 11) is 0. The van der Waals surface area contributed by atoms with Crippen LogP contribution < -0.4 is 0 Å². The number of nitrogens with zero attached hydrogens (tertiary/aromatic N) is 5. The first kappa shape index (κ1) is 47.2. The second-order valence-electron chi connectivity index (χ2n) is 18.9. The summed E-state index contributed by atoms with van der Waals surface area (Å²) in [5.41, 5.74) is 22.2. The van der Waals surface area contributed by atoms with E-state index in [1.807, 2.05) is 29.6 Å². The first-order valence-corrected chi connectivity index (χ1v) is 26.4. The van der Waals surface area contributed by atoms with Crippen molar-refractivity contribution in [2.45, 2.75) is 66.7 Å². The average Bonchev–Trinajstić information content (AvgIpc) is 4.09. The molecule has 0 N–H and O–H groups in total. The van der Waals surface area contributed by atoms with Crippen LogP contribution in [0.1, 0.15) is 114 Å². The Kier molecular flexibility index (Phi) is 13.0. The number of aromatic nitrogens is 5. The lowest BCUT2D eigenvalue weighted by Gasteiger charge is -2.21. The number of hydrogen-bond donors (Lipinski definition) is 0. The number of fused-ring (bicyclic) bond motifs is 4. The summed E-state index contributed by atoms with van der Waals surface area (Å²) in [5, 5.41) is 1.22. The molecule has 0 amide bonds. The molecule has 4 aromatic heterocycles. The summed E-state index contributed by atoms with van der Waals surface area (Å²) in [6.07, 6.45) is 35.1. The highest BCUT2D eigenvalue weighted by Crippen LogP contribution is 2.43. The average molecular weight is 966 g/mol. The number of thiophene rings is 1. The molecule has 0 radical (unpaired) electrons. The molecule has 358 valence electrons. The van der Waals surface area contributed by atoms with Crippen LogP contribution >= 0.6 is 11.3 Å². The quantitative estimate of drug-likeness (QED) is 0.108. The van der Waals surface area contributed by atoms with E-state index in [9.17, 15) is 0 Å². The summed E-state index contributed by atoms with van der Waals surface area (Å²) in [4.78, 5) is 17.5. The molecule has 0 spiro atoms.